The minimum absolute atomic E-state index is 0.158. The molecule has 3 N–H and O–H groups in total. The van der Waals surface area contributed by atoms with Gasteiger partial charge in [-0.1, -0.05) is 0 Å². The first kappa shape index (κ1) is 18.0. The molecule has 3 rings (SSSR count). The van der Waals surface area contributed by atoms with Gasteiger partial charge in [0, 0.05) is 12.4 Å². The zero-order valence-electron chi connectivity index (χ0n) is 15.3. The van der Waals surface area contributed by atoms with Crippen LogP contribution in [0.3, 0.4) is 0 Å². The largest absolute Gasteiger partial charge is 0.365 e. The van der Waals surface area contributed by atoms with Crippen molar-refractivity contribution in [3.05, 3.63) is 35.2 Å². The molecule has 9 heteroatoms. The molecule has 1 aliphatic rings. The molecule has 1 saturated heterocycles. The lowest BCUT2D eigenvalue weighted by molar-refractivity contribution is -0.123. The molecule has 0 spiro atoms. The lowest BCUT2D eigenvalue weighted by Crippen LogP contribution is -2.33. The van der Waals surface area contributed by atoms with Crippen molar-refractivity contribution in [2.45, 2.75) is 40.0 Å². The van der Waals surface area contributed by atoms with Crippen LogP contribution in [0.2, 0.25) is 0 Å². The SMILES string of the molecule is Cc1cnc(C)c(NCC2NC(=O)C(CNc3nc(C)cnc3C)O2)n1. The van der Waals surface area contributed by atoms with Crippen molar-refractivity contribution >= 4 is 17.5 Å². The number of aryl methyl sites for hydroxylation is 4. The van der Waals surface area contributed by atoms with Gasteiger partial charge in [-0.25, -0.2) is 9.97 Å². The Kier molecular flexibility index (Phi) is 5.27. The number of amides is 1. The third-order valence-electron chi connectivity index (χ3n) is 3.99. The number of hydrogen-bond donors (Lipinski definition) is 3. The summed E-state index contributed by atoms with van der Waals surface area (Å²) in [6.07, 6.45) is 2.40. The van der Waals surface area contributed by atoms with Gasteiger partial charge in [-0.15, -0.1) is 0 Å². The molecule has 2 atom stereocenters. The average molecular weight is 357 g/mol. The molecule has 1 fully saturated rings. The monoisotopic (exact) mass is 357 g/mol. The van der Waals surface area contributed by atoms with Gasteiger partial charge in [-0.05, 0) is 27.7 Å². The highest BCUT2D eigenvalue weighted by atomic mass is 16.5. The summed E-state index contributed by atoms with van der Waals surface area (Å²) in [7, 11) is 0. The highest BCUT2D eigenvalue weighted by molar-refractivity contribution is 5.83. The summed E-state index contributed by atoms with van der Waals surface area (Å²) in [6, 6.07) is 0. The molecule has 2 aromatic rings. The Bertz CT molecular complexity index is 812. The molecule has 26 heavy (non-hydrogen) atoms. The fourth-order valence-electron chi connectivity index (χ4n) is 2.57. The standard InChI is InChI=1S/C17H23N7O2/c1-9-5-18-11(3)15(22-9)20-7-13-17(25)24-14(26-13)8-21-16-12(4)19-6-10(2)23-16/h5-6,13-14H,7-8H2,1-4H3,(H,20,22)(H,21,23)(H,24,25). The maximum atomic E-state index is 12.1. The van der Waals surface area contributed by atoms with Crippen LogP contribution in [0, 0.1) is 27.7 Å². The minimum atomic E-state index is -0.590. The lowest BCUT2D eigenvalue weighted by atomic mass is 10.3. The summed E-state index contributed by atoms with van der Waals surface area (Å²) in [5.74, 6) is 1.19. The van der Waals surface area contributed by atoms with Gasteiger partial charge in [0.15, 0.2) is 6.10 Å². The van der Waals surface area contributed by atoms with Gasteiger partial charge in [0.2, 0.25) is 0 Å². The molecule has 2 aromatic heterocycles. The highest BCUT2D eigenvalue weighted by Gasteiger charge is 2.32. The molecule has 0 aliphatic carbocycles. The van der Waals surface area contributed by atoms with Gasteiger partial charge in [-0.2, -0.15) is 0 Å². The second-order valence-corrected chi connectivity index (χ2v) is 6.27. The van der Waals surface area contributed by atoms with Crippen LogP contribution in [-0.4, -0.2) is 51.3 Å². The highest BCUT2D eigenvalue weighted by Crippen LogP contribution is 2.13. The quantitative estimate of drug-likeness (QED) is 0.698. The Balaban J connectivity index is 1.53. The van der Waals surface area contributed by atoms with Crippen molar-refractivity contribution in [2.24, 2.45) is 0 Å². The predicted octanol–water partition coefficient (Wildman–Crippen LogP) is 0.865. The fourth-order valence-corrected chi connectivity index (χ4v) is 2.57. The summed E-state index contributed by atoms with van der Waals surface area (Å²) < 4.78 is 5.78. The van der Waals surface area contributed by atoms with Gasteiger partial charge in [0.05, 0.1) is 35.9 Å². The summed E-state index contributed by atoms with van der Waals surface area (Å²) in [6.45, 7) is 8.22. The van der Waals surface area contributed by atoms with Crippen LogP contribution in [0.4, 0.5) is 11.6 Å². The third-order valence-corrected chi connectivity index (χ3v) is 3.99. The summed E-state index contributed by atoms with van der Waals surface area (Å²) in [5.41, 5.74) is 3.21. The van der Waals surface area contributed by atoms with Crippen molar-refractivity contribution in [3.8, 4) is 0 Å². The fraction of sp³-hybridized carbons (Fsp3) is 0.471. The second-order valence-electron chi connectivity index (χ2n) is 6.27. The van der Waals surface area contributed by atoms with Crippen molar-refractivity contribution in [1.82, 2.24) is 25.3 Å². The van der Waals surface area contributed by atoms with Gasteiger partial charge in [0.25, 0.3) is 5.91 Å². The van der Waals surface area contributed by atoms with E-state index in [0.717, 1.165) is 22.8 Å². The number of aromatic nitrogens is 4. The Hall–Kier alpha value is -2.81. The second kappa shape index (κ2) is 7.61. The van der Waals surface area contributed by atoms with E-state index in [4.69, 9.17) is 4.74 Å². The van der Waals surface area contributed by atoms with Gasteiger partial charge in [0.1, 0.15) is 17.9 Å². The topological polar surface area (TPSA) is 114 Å². The summed E-state index contributed by atoms with van der Waals surface area (Å²) in [5, 5.41) is 9.13. The summed E-state index contributed by atoms with van der Waals surface area (Å²) >= 11 is 0. The van der Waals surface area contributed by atoms with Crippen molar-refractivity contribution in [1.29, 1.82) is 0 Å². The molecule has 3 heterocycles. The Labute approximate surface area is 152 Å². The van der Waals surface area contributed by atoms with E-state index >= 15 is 0 Å². The third kappa shape index (κ3) is 4.23. The van der Waals surface area contributed by atoms with Crippen LogP contribution >= 0.6 is 0 Å². The van der Waals surface area contributed by atoms with Crippen LogP contribution < -0.4 is 16.0 Å². The Morgan fingerprint density at radius 3 is 2.08 bits per heavy atom. The number of rotatable bonds is 6. The predicted molar refractivity (Wildman–Crippen MR) is 96.8 cm³/mol. The first-order valence-electron chi connectivity index (χ1n) is 8.46. The molecule has 0 aromatic carbocycles. The molecule has 138 valence electrons. The number of carbonyl (C=O) groups is 1. The molecular formula is C17H23N7O2. The van der Waals surface area contributed by atoms with Gasteiger partial charge in [-0.3, -0.25) is 14.8 Å². The number of hydrogen-bond acceptors (Lipinski definition) is 8. The molecule has 0 radical (unpaired) electrons. The number of nitrogens with zero attached hydrogens (tertiary/aromatic N) is 4. The van der Waals surface area contributed by atoms with E-state index in [1.165, 1.54) is 0 Å². The Morgan fingerprint density at radius 1 is 0.962 bits per heavy atom. The van der Waals surface area contributed by atoms with E-state index in [1.54, 1.807) is 12.4 Å². The maximum absolute atomic E-state index is 12.1. The van der Waals surface area contributed by atoms with Crippen molar-refractivity contribution in [3.63, 3.8) is 0 Å². The smallest absolute Gasteiger partial charge is 0.253 e. The normalized spacial score (nSPS) is 19.3. The van der Waals surface area contributed by atoms with E-state index in [-0.39, 0.29) is 5.91 Å². The first-order chi connectivity index (χ1) is 12.4. The van der Waals surface area contributed by atoms with Crippen LogP contribution in [0.1, 0.15) is 22.8 Å². The lowest BCUT2D eigenvalue weighted by Gasteiger charge is -2.15. The van der Waals surface area contributed by atoms with Crippen LogP contribution in [-0.2, 0) is 9.53 Å². The molecule has 9 nitrogen and oxygen atoms in total. The van der Waals surface area contributed by atoms with Gasteiger partial charge < -0.3 is 20.7 Å². The molecule has 0 saturated carbocycles. The maximum Gasteiger partial charge on any atom is 0.253 e. The van der Waals surface area contributed by atoms with E-state index in [0.29, 0.717) is 24.7 Å². The van der Waals surface area contributed by atoms with Gasteiger partial charge >= 0.3 is 0 Å². The zero-order valence-corrected chi connectivity index (χ0v) is 15.3. The zero-order chi connectivity index (χ0) is 18.7. The molecule has 1 aliphatic heterocycles. The van der Waals surface area contributed by atoms with Crippen LogP contribution in [0.5, 0.6) is 0 Å². The molecule has 0 bridgehead atoms. The first-order valence-corrected chi connectivity index (χ1v) is 8.46. The van der Waals surface area contributed by atoms with E-state index < -0.39 is 12.3 Å². The van der Waals surface area contributed by atoms with E-state index in [9.17, 15) is 4.79 Å². The van der Waals surface area contributed by atoms with Crippen LogP contribution in [0.25, 0.3) is 0 Å². The molecular weight excluding hydrogens is 334 g/mol. The van der Waals surface area contributed by atoms with Crippen molar-refractivity contribution < 1.29 is 9.53 Å². The van der Waals surface area contributed by atoms with Crippen LogP contribution in [0.15, 0.2) is 12.4 Å². The van der Waals surface area contributed by atoms with E-state index in [1.807, 2.05) is 27.7 Å². The molecule has 1 amide bonds. The average Bonchev–Trinajstić information content (AvgIpc) is 2.96. The summed E-state index contributed by atoms with van der Waals surface area (Å²) in [4.78, 5) is 29.4. The number of nitrogens with one attached hydrogen (secondary N) is 3. The Morgan fingerprint density at radius 2 is 1.50 bits per heavy atom. The minimum Gasteiger partial charge on any atom is -0.365 e. The number of carbonyl (C=O) groups excluding carboxylic acids is 1. The number of ether oxygens (including phenoxy) is 1. The molecule has 2 unspecified atom stereocenters. The van der Waals surface area contributed by atoms with Crippen molar-refractivity contribution in [2.75, 3.05) is 23.7 Å². The number of anilines is 2. The van der Waals surface area contributed by atoms with E-state index in [2.05, 4.69) is 35.9 Å².